The van der Waals surface area contributed by atoms with Crippen molar-refractivity contribution in [1.29, 1.82) is 0 Å². The molecule has 0 amide bonds. The monoisotopic (exact) mass is 388 g/mol. The maximum Gasteiger partial charge on any atom is 0.162 e. The highest BCUT2D eigenvalue weighted by Crippen LogP contribution is 2.35. The van der Waals surface area contributed by atoms with Gasteiger partial charge in [-0.25, -0.2) is 8.42 Å². The molecule has 0 aliphatic carbocycles. The van der Waals surface area contributed by atoms with E-state index in [9.17, 15) is 8.42 Å². The van der Waals surface area contributed by atoms with E-state index in [0.717, 1.165) is 18.7 Å². The second-order valence-electron chi connectivity index (χ2n) is 6.69. The Hall–Kier alpha value is -1.02. The molecule has 2 heterocycles. The molecule has 0 saturated carbocycles. The van der Waals surface area contributed by atoms with Gasteiger partial charge in [0.1, 0.15) is 0 Å². The molecule has 2 fully saturated rings. The Labute approximate surface area is 154 Å². The largest absolute Gasteiger partial charge is 0.493 e. The van der Waals surface area contributed by atoms with Crippen LogP contribution in [0.5, 0.6) is 11.5 Å². The molecule has 2 saturated heterocycles. The molecule has 1 aromatic rings. The van der Waals surface area contributed by atoms with Crippen LogP contribution in [0, 0.1) is 0 Å². The average molecular weight is 389 g/mol. The first kappa shape index (κ1) is 18.8. The van der Waals surface area contributed by atoms with E-state index in [1.165, 1.54) is 0 Å². The first-order valence-electron chi connectivity index (χ1n) is 8.48. The van der Waals surface area contributed by atoms with E-state index in [2.05, 4.69) is 9.80 Å². The van der Waals surface area contributed by atoms with Crippen LogP contribution >= 0.6 is 11.6 Å². The number of hydrogen-bond donors (Lipinski definition) is 0. The lowest BCUT2D eigenvalue weighted by Gasteiger charge is -2.42. The SMILES string of the molecule is CCOc1cc(CN2CCN(C)[C@@H]3CS(=O)(=O)C[C@@H]32)c(Cl)cc1OC. The molecule has 0 bridgehead atoms. The van der Waals surface area contributed by atoms with Crippen LogP contribution in [0.2, 0.25) is 5.02 Å². The summed E-state index contributed by atoms with van der Waals surface area (Å²) in [4.78, 5) is 4.39. The first-order chi connectivity index (χ1) is 11.8. The van der Waals surface area contributed by atoms with Gasteiger partial charge >= 0.3 is 0 Å². The second-order valence-corrected chi connectivity index (χ2v) is 9.25. The molecule has 8 heteroatoms. The van der Waals surface area contributed by atoms with Gasteiger partial charge in [-0.05, 0) is 25.6 Å². The van der Waals surface area contributed by atoms with Gasteiger partial charge in [0.05, 0.1) is 25.2 Å². The summed E-state index contributed by atoms with van der Waals surface area (Å²) in [6, 6.07) is 3.74. The van der Waals surface area contributed by atoms with Crippen LogP contribution < -0.4 is 9.47 Å². The minimum atomic E-state index is -2.99. The summed E-state index contributed by atoms with van der Waals surface area (Å²) in [6.07, 6.45) is 0. The normalized spacial score (nSPS) is 26.4. The van der Waals surface area contributed by atoms with E-state index in [1.807, 2.05) is 20.0 Å². The number of likely N-dealkylation sites (N-methyl/N-ethyl adjacent to an activating group) is 1. The zero-order chi connectivity index (χ0) is 18.2. The molecule has 0 unspecified atom stereocenters. The predicted molar refractivity (Wildman–Crippen MR) is 98.4 cm³/mol. The lowest BCUT2D eigenvalue weighted by Crippen LogP contribution is -2.57. The highest BCUT2D eigenvalue weighted by atomic mass is 35.5. The molecule has 0 aromatic heterocycles. The highest BCUT2D eigenvalue weighted by Gasteiger charge is 2.45. The summed E-state index contributed by atoms with van der Waals surface area (Å²) in [7, 11) is 0.603. The minimum absolute atomic E-state index is 0.0115. The quantitative estimate of drug-likeness (QED) is 0.764. The third-order valence-electron chi connectivity index (χ3n) is 5.07. The number of piperazine rings is 1. The molecule has 2 atom stereocenters. The van der Waals surface area contributed by atoms with Crippen molar-refractivity contribution in [3.63, 3.8) is 0 Å². The fraction of sp³-hybridized carbons (Fsp3) is 0.647. The number of hydrogen-bond acceptors (Lipinski definition) is 6. The molecule has 2 aliphatic heterocycles. The molecule has 6 nitrogen and oxygen atoms in total. The van der Waals surface area contributed by atoms with Crippen molar-refractivity contribution in [1.82, 2.24) is 9.80 Å². The third kappa shape index (κ3) is 3.89. The van der Waals surface area contributed by atoms with Crippen LogP contribution in [0.15, 0.2) is 12.1 Å². The molecule has 25 heavy (non-hydrogen) atoms. The highest BCUT2D eigenvalue weighted by molar-refractivity contribution is 7.91. The molecule has 0 N–H and O–H groups in total. The molecule has 3 rings (SSSR count). The maximum absolute atomic E-state index is 12.1. The predicted octanol–water partition coefficient (Wildman–Crippen LogP) is 1.66. The Balaban J connectivity index is 1.85. The molecule has 1 aromatic carbocycles. The summed E-state index contributed by atoms with van der Waals surface area (Å²) in [5.74, 6) is 1.73. The van der Waals surface area contributed by atoms with Gasteiger partial charge in [-0.1, -0.05) is 11.6 Å². The van der Waals surface area contributed by atoms with Crippen LogP contribution in [-0.4, -0.2) is 75.7 Å². The van der Waals surface area contributed by atoms with Crippen molar-refractivity contribution in [3.8, 4) is 11.5 Å². The first-order valence-corrected chi connectivity index (χ1v) is 10.7. The zero-order valence-corrected chi connectivity index (χ0v) is 16.4. The van der Waals surface area contributed by atoms with E-state index in [4.69, 9.17) is 21.1 Å². The Morgan fingerprint density at radius 1 is 1.20 bits per heavy atom. The van der Waals surface area contributed by atoms with Gasteiger partial charge in [-0.15, -0.1) is 0 Å². The van der Waals surface area contributed by atoms with Crippen molar-refractivity contribution in [2.24, 2.45) is 0 Å². The Kier molecular flexibility index (Phi) is 5.48. The van der Waals surface area contributed by atoms with Gasteiger partial charge in [0.15, 0.2) is 21.3 Å². The minimum Gasteiger partial charge on any atom is -0.493 e. The standard InChI is InChI=1S/C17H25ClN2O4S/c1-4-24-17-7-12(13(18)8-16(17)23-3)9-20-6-5-19(2)14-10-25(21,22)11-15(14)20/h7-8,14-15H,4-6,9-11H2,1-3H3/t14-,15+/m1/s1. The lowest BCUT2D eigenvalue weighted by atomic mass is 10.0. The Morgan fingerprint density at radius 3 is 2.60 bits per heavy atom. The topological polar surface area (TPSA) is 59.1 Å². The molecule has 0 spiro atoms. The van der Waals surface area contributed by atoms with Crippen LogP contribution in [0.1, 0.15) is 12.5 Å². The van der Waals surface area contributed by atoms with Gasteiger partial charge in [0, 0.05) is 42.8 Å². The van der Waals surface area contributed by atoms with Crippen LogP contribution in [0.4, 0.5) is 0 Å². The third-order valence-corrected chi connectivity index (χ3v) is 7.13. The van der Waals surface area contributed by atoms with E-state index in [1.54, 1.807) is 13.2 Å². The van der Waals surface area contributed by atoms with Crippen LogP contribution in [-0.2, 0) is 16.4 Å². The summed E-state index contributed by atoms with van der Waals surface area (Å²) in [5.41, 5.74) is 0.929. The molecule has 0 radical (unpaired) electrons. The van der Waals surface area contributed by atoms with E-state index in [-0.39, 0.29) is 23.6 Å². The lowest BCUT2D eigenvalue weighted by molar-refractivity contribution is 0.0572. The van der Waals surface area contributed by atoms with Gasteiger partial charge in [-0.2, -0.15) is 0 Å². The smallest absolute Gasteiger partial charge is 0.162 e. The average Bonchev–Trinajstić information content (AvgIpc) is 2.89. The van der Waals surface area contributed by atoms with Gasteiger partial charge in [-0.3, -0.25) is 9.80 Å². The van der Waals surface area contributed by atoms with Gasteiger partial charge in [0.25, 0.3) is 0 Å². The van der Waals surface area contributed by atoms with Gasteiger partial charge < -0.3 is 9.47 Å². The van der Waals surface area contributed by atoms with Crippen molar-refractivity contribution >= 4 is 21.4 Å². The van der Waals surface area contributed by atoms with E-state index in [0.29, 0.717) is 29.7 Å². The van der Waals surface area contributed by atoms with Crippen molar-refractivity contribution in [3.05, 3.63) is 22.7 Å². The van der Waals surface area contributed by atoms with Crippen LogP contribution in [0.25, 0.3) is 0 Å². The number of halogens is 1. The number of methoxy groups -OCH3 is 1. The molecule has 2 aliphatic rings. The summed E-state index contributed by atoms with van der Waals surface area (Å²) in [6.45, 7) is 4.73. The maximum atomic E-state index is 12.1. The number of ether oxygens (including phenoxy) is 2. The van der Waals surface area contributed by atoms with Crippen LogP contribution in [0.3, 0.4) is 0 Å². The second kappa shape index (κ2) is 7.31. The Bertz CT molecular complexity index is 740. The molecular weight excluding hydrogens is 364 g/mol. The fourth-order valence-electron chi connectivity index (χ4n) is 3.74. The van der Waals surface area contributed by atoms with Crippen molar-refractivity contribution < 1.29 is 17.9 Å². The summed E-state index contributed by atoms with van der Waals surface area (Å²) >= 11 is 6.44. The Morgan fingerprint density at radius 2 is 1.92 bits per heavy atom. The van der Waals surface area contributed by atoms with E-state index >= 15 is 0 Å². The van der Waals surface area contributed by atoms with Crippen molar-refractivity contribution in [2.45, 2.75) is 25.6 Å². The number of nitrogens with zero attached hydrogens (tertiary/aromatic N) is 2. The van der Waals surface area contributed by atoms with E-state index < -0.39 is 9.84 Å². The zero-order valence-electron chi connectivity index (χ0n) is 14.9. The summed E-state index contributed by atoms with van der Waals surface area (Å²) in [5, 5.41) is 0.608. The van der Waals surface area contributed by atoms with Gasteiger partial charge in [0.2, 0.25) is 0 Å². The summed E-state index contributed by atoms with van der Waals surface area (Å²) < 4.78 is 35.2. The number of sulfone groups is 1. The number of rotatable bonds is 5. The molecule has 140 valence electrons. The van der Waals surface area contributed by atoms with Crippen molar-refractivity contribution in [2.75, 3.05) is 45.4 Å². The fourth-order valence-corrected chi connectivity index (χ4v) is 6.04. The molecular formula is C17H25ClN2O4S. The number of benzene rings is 1. The number of fused-ring (bicyclic) bond motifs is 1.